The highest BCUT2D eigenvalue weighted by Crippen LogP contribution is 2.29. The Labute approximate surface area is 216 Å². The second kappa shape index (κ2) is 12.1. The minimum absolute atomic E-state index is 0.0819. The number of amides is 2. The standard InChI is InChI=1S/C23H28Cl3N3O4S/c1-5-20(23(31)27-15(2)3)28(13-16-17(24)10-8-11-18(16)25)22(30)14-29(34(4,32)33)21-12-7-6-9-19(21)26/h6-12,15,20H,5,13-14H2,1-4H3,(H,27,31). The fraction of sp³-hybridized carbons (Fsp3) is 0.391. The molecule has 2 aromatic carbocycles. The van der Waals surface area contributed by atoms with Crippen LogP contribution in [0.15, 0.2) is 42.5 Å². The Balaban J connectivity index is 2.52. The number of sulfonamides is 1. The van der Waals surface area contributed by atoms with Gasteiger partial charge in [0.15, 0.2) is 0 Å². The Bertz CT molecular complexity index is 1120. The molecule has 1 N–H and O–H groups in total. The molecule has 0 fully saturated rings. The van der Waals surface area contributed by atoms with Crippen LogP contribution in [0.3, 0.4) is 0 Å². The van der Waals surface area contributed by atoms with E-state index in [1.54, 1.807) is 37.3 Å². The Morgan fingerprint density at radius 3 is 2.03 bits per heavy atom. The number of halogens is 3. The zero-order chi connectivity index (χ0) is 25.6. The Morgan fingerprint density at radius 1 is 0.971 bits per heavy atom. The van der Waals surface area contributed by atoms with Gasteiger partial charge in [0.2, 0.25) is 21.8 Å². The molecule has 1 atom stereocenters. The molecule has 0 aromatic heterocycles. The number of hydrogen-bond acceptors (Lipinski definition) is 4. The van der Waals surface area contributed by atoms with Crippen molar-refractivity contribution in [2.45, 2.75) is 45.8 Å². The third-order valence-corrected chi connectivity index (χ3v) is 7.16. The predicted octanol–water partition coefficient (Wildman–Crippen LogP) is 4.74. The van der Waals surface area contributed by atoms with E-state index in [0.29, 0.717) is 15.6 Å². The van der Waals surface area contributed by atoms with Crippen LogP contribution in [0.2, 0.25) is 15.1 Å². The molecule has 2 amide bonds. The highest BCUT2D eigenvalue weighted by Gasteiger charge is 2.33. The molecular weight excluding hydrogens is 521 g/mol. The molecule has 0 aliphatic rings. The minimum atomic E-state index is -3.88. The molecule has 0 heterocycles. The largest absolute Gasteiger partial charge is 0.352 e. The monoisotopic (exact) mass is 547 g/mol. The summed E-state index contributed by atoms with van der Waals surface area (Å²) >= 11 is 18.9. The number of nitrogens with one attached hydrogen (secondary N) is 1. The van der Waals surface area contributed by atoms with Gasteiger partial charge < -0.3 is 10.2 Å². The van der Waals surface area contributed by atoms with Crippen LogP contribution in [-0.4, -0.2) is 50.0 Å². The Morgan fingerprint density at radius 2 is 1.53 bits per heavy atom. The lowest BCUT2D eigenvalue weighted by atomic mass is 10.1. The van der Waals surface area contributed by atoms with Gasteiger partial charge in [-0.15, -0.1) is 0 Å². The number of benzene rings is 2. The van der Waals surface area contributed by atoms with Crippen molar-refractivity contribution in [1.82, 2.24) is 10.2 Å². The summed E-state index contributed by atoms with van der Waals surface area (Å²) in [6.07, 6.45) is 1.28. The van der Waals surface area contributed by atoms with Gasteiger partial charge in [-0.2, -0.15) is 0 Å². The molecule has 0 spiro atoms. The summed E-state index contributed by atoms with van der Waals surface area (Å²) in [5, 5.41) is 3.65. The van der Waals surface area contributed by atoms with Crippen LogP contribution in [0.25, 0.3) is 0 Å². The lowest BCUT2D eigenvalue weighted by molar-refractivity contribution is -0.140. The summed E-state index contributed by atoms with van der Waals surface area (Å²) in [5.41, 5.74) is 0.619. The summed E-state index contributed by atoms with van der Waals surface area (Å²) in [6.45, 7) is 4.74. The van der Waals surface area contributed by atoms with Gasteiger partial charge in [-0.3, -0.25) is 13.9 Å². The molecule has 1 unspecified atom stereocenters. The average molecular weight is 549 g/mol. The highest BCUT2D eigenvalue weighted by molar-refractivity contribution is 7.92. The predicted molar refractivity (Wildman–Crippen MR) is 138 cm³/mol. The summed E-state index contributed by atoms with van der Waals surface area (Å²) in [6, 6.07) is 10.2. The molecule has 11 heteroatoms. The van der Waals surface area contributed by atoms with Gasteiger partial charge in [0.1, 0.15) is 12.6 Å². The van der Waals surface area contributed by atoms with Crippen LogP contribution in [-0.2, 0) is 26.2 Å². The number of carbonyl (C=O) groups excluding carboxylic acids is 2. The van der Waals surface area contributed by atoms with E-state index in [-0.39, 0.29) is 35.6 Å². The van der Waals surface area contributed by atoms with Crippen molar-refractivity contribution in [2.75, 3.05) is 17.1 Å². The quantitative estimate of drug-likeness (QED) is 0.464. The third kappa shape index (κ3) is 7.25. The smallest absolute Gasteiger partial charge is 0.244 e. The fourth-order valence-corrected chi connectivity index (χ4v) is 5.07. The molecule has 2 aromatic rings. The van der Waals surface area contributed by atoms with E-state index in [0.717, 1.165) is 10.6 Å². The first kappa shape index (κ1) is 28.2. The Hall–Kier alpha value is -2.00. The minimum Gasteiger partial charge on any atom is -0.352 e. The fourth-order valence-electron chi connectivity index (χ4n) is 3.40. The van der Waals surface area contributed by atoms with E-state index in [9.17, 15) is 18.0 Å². The van der Waals surface area contributed by atoms with Crippen LogP contribution in [0.1, 0.15) is 32.8 Å². The van der Waals surface area contributed by atoms with E-state index in [2.05, 4.69) is 5.32 Å². The molecule has 34 heavy (non-hydrogen) atoms. The van der Waals surface area contributed by atoms with E-state index in [4.69, 9.17) is 34.8 Å². The van der Waals surface area contributed by atoms with Gasteiger partial charge in [-0.05, 0) is 44.5 Å². The lowest BCUT2D eigenvalue weighted by Crippen LogP contribution is -2.53. The van der Waals surface area contributed by atoms with Gasteiger partial charge in [0.05, 0.1) is 17.0 Å². The summed E-state index contributed by atoms with van der Waals surface area (Å²) in [7, 11) is -3.88. The molecule has 2 rings (SSSR count). The number of hydrogen-bond donors (Lipinski definition) is 1. The summed E-state index contributed by atoms with van der Waals surface area (Å²) in [4.78, 5) is 27.9. The molecule has 0 saturated carbocycles. The van der Waals surface area contributed by atoms with E-state index in [1.165, 1.54) is 17.0 Å². The lowest BCUT2D eigenvalue weighted by Gasteiger charge is -2.33. The summed E-state index contributed by atoms with van der Waals surface area (Å²) < 4.78 is 26.1. The zero-order valence-corrected chi connectivity index (χ0v) is 22.5. The van der Waals surface area contributed by atoms with Gasteiger partial charge in [0, 0.05) is 28.2 Å². The van der Waals surface area contributed by atoms with Crippen molar-refractivity contribution in [2.24, 2.45) is 0 Å². The molecule has 0 bridgehead atoms. The van der Waals surface area contributed by atoms with Crippen LogP contribution >= 0.6 is 34.8 Å². The van der Waals surface area contributed by atoms with Gasteiger partial charge in [0.25, 0.3) is 0 Å². The first-order valence-electron chi connectivity index (χ1n) is 10.6. The molecule has 0 aliphatic carbocycles. The van der Waals surface area contributed by atoms with E-state index >= 15 is 0 Å². The molecule has 7 nitrogen and oxygen atoms in total. The van der Waals surface area contributed by atoms with Gasteiger partial charge in [-0.25, -0.2) is 8.42 Å². The maximum Gasteiger partial charge on any atom is 0.244 e. The zero-order valence-electron chi connectivity index (χ0n) is 19.4. The molecule has 186 valence electrons. The van der Waals surface area contributed by atoms with Crippen LogP contribution < -0.4 is 9.62 Å². The number of nitrogens with zero attached hydrogens (tertiary/aromatic N) is 2. The third-order valence-electron chi connectivity index (χ3n) is 5.01. The SMILES string of the molecule is CCC(C(=O)NC(C)C)N(Cc1c(Cl)cccc1Cl)C(=O)CN(c1ccccc1Cl)S(C)(=O)=O. The van der Waals surface area contributed by atoms with Crippen molar-refractivity contribution in [3.05, 3.63) is 63.1 Å². The summed E-state index contributed by atoms with van der Waals surface area (Å²) in [5.74, 6) is -0.968. The normalized spacial score (nSPS) is 12.4. The van der Waals surface area contributed by atoms with Crippen LogP contribution in [0.4, 0.5) is 5.69 Å². The second-order valence-corrected chi connectivity index (χ2v) is 11.2. The van der Waals surface area contributed by atoms with Crippen molar-refractivity contribution in [1.29, 1.82) is 0 Å². The number of anilines is 1. The van der Waals surface area contributed by atoms with E-state index < -0.39 is 28.5 Å². The number of rotatable bonds is 10. The first-order valence-corrected chi connectivity index (χ1v) is 13.6. The highest BCUT2D eigenvalue weighted by atomic mass is 35.5. The maximum absolute atomic E-state index is 13.6. The molecule has 0 saturated heterocycles. The van der Waals surface area contributed by atoms with Crippen LogP contribution in [0.5, 0.6) is 0 Å². The van der Waals surface area contributed by atoms with Crippen LogP contribution in [0, 0.1) is 0 Å². The van der Waals surface area contributed by atoms with Crippen molar-refractivity contribution >= 4 is 62.3 Å². The van der Waals surface area contributed by atoms with Gasteiger partial charge >= 0.3 is 0 Å². The van der Waals surface area contributed by atoms with Crippen molar-refractivity contribution in [3.8, 4) is 0 Å². The van der Waals surface area contributed by atoms with Crippen molar-refractivity contribution in [3.63, 3.8) is 0 Å². The number of para-hydroxylation sites is 1. The van der Waals surface area contributed by atoms with E-state index in [1.807, 2.05) is 13.8 Å². The molecule has 0 radical (unpaired) electrons. The average Bonchev–Trinajstić information content (AvgIpc) is 2.73. The second-order valence-electron chi connectivity index (χ2n) is 8.03. The molecule has 0 aliphatic heterocycles. The topological polar surface area (TPSA) is 86.8 Å². The van der Waals surface area contributed by atoms with Crippen molar-refractivity contribution < 1.29 is 18.0 Å². The number of carbonyl (C=O) groups is 2. The Kier molecular flexibility index (Phi) is 10.1. The van der Waals surface area contributed by atoms with Gasteiger partial charge in [-0.1, -0.05) is 59.9 Å². The first-order chi connectivity index (χ1) is 15.9. The molecular formula is C23H28Cl3N3O4S. The maximum atomic E-state index is 13.6.